The van der Waals surface area contributed by atoms with E-state index in [1.54, 1.807) is 0 Å². The van der Waals surface area contributed by atoms with Gasteiger partial charge in [-0.05, 0) is 6.07 Å². The van der Waals surface area contributed by atoms with Crippen molar-refractivity contribution in [2.75, 3.05) is 10.6 Å². The van der Waals surface area contributed by atoms with Gasteiger partial charge in [0, 0.05) is 23.4 Å². The van der Waals surface area contributed by atoms with Crippen molar-refractivity contribution in [2.24, 2.45) is 0 Å². The second kappa shape index (κ2) is 6.91. The quantitative estimate of drug-likeness (QED) is 0.517. The Morgan fingerprint density at radius 1 is 1.21 bits per heavy atom. The van der Waals surface area contributed by atoms with Crippen LogP contribution in [-0.4, -0.2) is 31.5 Å². The molecule has 10 nitrogen and oxygen atoms in total. The molecule has 0 spiro atoms. The predicted octanol–water partition coefficient (Wildman–Crippen LogP) is 2.38. The van der Waals surface area contributed by atoms with Crippen LogP contribution < -0.4 is 10.6 Å². The van der Waals surface area contributed by atoms with Crippen molar-refractivity contribution in [3.63, 3.8) is 0 Å². The van der Waals surface area contributed by atoms with Crippen LogP contribution in [-0.2, 0) is 9.59 Å². The van der Waals surface area contributed by atoms with Crippen LogP contribution in [0, 0.1) is 10.1 Å². The van der Waals surface area contributed by atoms with Gasteiger partial charge in [-0.3, -0.25) is 25.0 Å². The second-order valence-electron chi connectivity index (χ2n) is 6.13. The maximum absolute atomic E-state index is 12.4. The molecule has 2 N–H and O–H groups in total. The van der Waals surface area contributed by atoms with Gasteiger partial charge in [0.2, 0.25) is 11.9 Å². The van der Waals surface area contributed by atoms with E-state index in [0.717, 1.165) is 5.56 Å². The molecule has 10 heteroatoms. The number of hydrogen-bond donors (Lipinski definition) is 2. The van der Waals surface area contributed by atoms with Crippen molar-refractivity contribution in [1.82, 2.24) is 14.8 Å². The monoisotopic (exact) mass is 378 g/mol. The molecular weight excluding hydrogens is 364 g/mol. The molecule has 0 saturated heterocycles. The minimum absolute atomic E-state index is 0.137. The molecule has 0 saturated carbocycles. The Kier molecular flexibility index (Phi) is 4.28. The molecule has 28 heavy (non-hydrogen) atoms. The molecule has 140 valence electrons. The minimum Gasteiger partial charge on any atom is -0.326 e. The number of amides is 2. The van der Waals surface area contributed by atoms with E-state index < -0.39 is 16.9 Å². The molecule has 0 radical (unpaired) electrons. The van der Waals surface area contributed by atoms with E-state index in [4.69, 9.17) is 0 Å². The van der Waals surface area contributed by atoms with E-state index >= 15 is 0 Å². The van der Waals surface area contributed by atoms with Gasteiger partial charge in [-0.2, -0.15) is 4.98 Å². The Morgan fingerprint density at radius 2 is 2.00 bits per heavy atom. The lowest BCUT2D eigenvalue weighted by atomic mass is 10.2. The van der Waals surface area contributed by atoms with Crippen LogP contribution in [0.1, 0.15) is 12.5 Å². The van der Waals surface area contributed by atoms with Crippen molar-refractivity contribution in [1.29, 1.82) is 0 Å². The highest BCUT2D eigenvalue weighted by atomic mass is 16.6. The Hall–Kier alpha value is -4.08. The van der Waals surface area contributed by atoms with Crippen LogP contribution in [0.2, 0.25) is 0 Å². The van der Waals surface area contributed by atoms with E-state index in [2.05, 4.69) is 20.7 Å². The molecule has 0 bridgehead atoms. The van der Waals surface area contributed by atoms with Gasteiger partial charge in [0.1, 0.15) is 6.04 Å². The normalized spacial score (nSPS) is 15.0. The van der Waals surface area contributed by atoms with Crippen molar-refractivity contribution < 1.29 is 14.5 Å². The number of anilines is 2. The number of nitro benzene ring substituents is 1. The molecule has 1 atom stereocenters. The molecule has 3 aromatic rings. The largest absolute Gasteiger partial charge is 0.326 e. The van der Waals surface area contributed by atoms with Crippen molar-refractivity contribution in [3.8, 4) is 11.4 Å². The van der Waals surface area contributed by atoms with Crippen LogP contribution in [0.5, 0.6) is 0 Å². The summed E-state index contributed by atoms with van der Waals surface area (Å²) in [5.41, 5.74) is 0.933. The first-order chi connectivity index (χ1) is 13.5. The van der Waals surface area contributed by atoms with Gasteiger partial charge in [-0.25, -0.2) is 4.68 Å². The molecule has 1 aliphatic rings. The summed E-state index contributed by atoms with van der Waals surface area (Å²) in [6, 6.07) is 14.0. The van der Waals surface area contributed by atoms with Crippen LogP contribution >= 0.6 is 0 Å². The molecule has 2 heterocycles. The average Bonchev–Trinajstić information content (AvgIpc) is 3.21. The van der Waals surface area contributed by atoms with Gasteiger partial charge >= 0.3 is 0 Å². The molecule has 4 rings (SSSR count). The molecule has 0 fully saturated rings. The highest BCUT2D eigenvalue weighted by Crippen LogP contribution is 2.28. The van der Waals surface area contributed by atoms with Crippen LogP contribution in [0.25, 0.3) is 11.4 Å². The zero-order valence-corrected chi connectivity index (χ0v) is 14.4. The average molecular weight is 378 g/mol. The maximum atomic E-state index is 12.4. The summed E-state index contributed by atoms with van der Waals surface area (Å²) in [6.07, 6.45) is -0.181. The zero-order valence-electron chi connectivity index (χ0n) is 14.4. The topological polar surface area (TPSA) is 132 Å². The fraction of sp³-hybridized carbons (Fsp3) is 0.111. The lowest BCUT2D eigenvalue weighted by molar-refractivity contribution is -0.384. The summed E-state index contributed by atoms with van der Waals surface area (Å²) >= 11 is 0. The Bertz CT molecular complexity index is 1080. The van der Waals surface area contributed by atoms with Gasteiger partial charge in [-0.15, -0.1) is 5.10 Å². The molecule has 2 aromatic carbocycles. The number of nitrogens with zero attached hydrogens (tertiary/aromatic N) is 4. The van der Waals surface area contributed by atoms with E-state index in [1.165, 1.54) is 28.9 Å². The summed E-state index contributed by atoms with van der Waals surface area (Å²) in [6.45, 7) is 0. The molecule has 0 aliphatic carbocycles. The number of aromatic nitrogens is 3. The van der Waals surface area contributed by atoms with Crippen LogP contribution in [0.4, 0.5) is 17.3 Å². The second-order valence-corrected chi connectivity index (χ2v) is 6.13. The van der Waals surface area contributed by atoms with E-state index in [1.807, 2.05) is 30.3 Å². The smallest absolute Gasteiger partial charge is 0.271 e. The van der Waals surface area contributed by atoms with E-state index in [9.17, 15) is 19.7 Å². The SMILES string of the molecule is O=C(C[C@H]1C(=O)Nc2nc(-c3ccccc3)nn21)Nc1cccc([N+](=O)[O-])c1. The van der Waals surface area contributed by atoms with E-state index in [0.29, 0.717) is 5.82 Å². The van der Waals surface area contributed by atoms with Gasteiger partial charge in [-0.1, -0.05) is 36.4 Å². The Balaban J connectivity index is 1.51. The van der Waals surface area contributed by atoms with Gasteiger partial charge in [0.25, 0.3) is 11.6 Å². The number of hydrogen-bond acceptors (Lipinski definition) is 6. The molecule has 0 unspecified atom stereocenters. The van der Waals surface area contributed by atoms with Gasteiger partial charge in [0.05, 0.1) is 11.3 Å². The van der Waals surface area contributed by atoms with Gasteiger partial charge < -0.3 is 5.32 Å². The fourth-order valence-corrected chi connectivity index (χ4v) is 2.90. The number of rotatable bonds is 5. The van der Waals surface area contributed by atoms with Crippen molar-refractivity contribution >= 4 is 29.1 Å². The fourth-order valence-electron chi connectivity index (χ4n) is 2.90. The lowest BCUT2D eigenvalue weighted by Gasteiger charge is -2.09. The summed E-state index contributed by atoms with van der Waals surface area (Å²) in [5.74, 6) is -0.134. The third-order valence-corrected chi connectivity index (χ3v) is 4.22. The zero-order chi connectivity index (χ0) is 19.7. The number of carbonyl (C=O) groups excluding carboxylic acids is 2. The number of nitrogens with one attached hydrogen (secondary N) is 2. The van der Waals surface area contributed by atoms with Crippen molar-refractivity contribution in [3.05, 3.63) is 64.7 Å². The molecule has 1 aliphatic heterocycles. The first-order valence-corrected chi connectivity index (χ1v) is 8.38. The molecular formula is C18H14N6O4. The number of nitro groups is 1. The Morgan fingerprint density at radius 3 is 2.75 bits per heavy atom. The highest BCUT2D eigenvalue weighted by molar-refractivity contribution is 6.01. The third-order valence-electron chi connectivity index (χ3n) is 4.22. The molecule has 2 amide bonds. The standard InChI is InChI=1S/C18H14N6O4/c25-15(19-12-7-4-8-13(9-12)24(27)28)10-14-17(26)21-18-20-16(22-23(14)18)11-5-2-1-3-6-11/h1-9,14H,10H2,(H,19,25)(H,20,21,22,26)/t14-/m0/s1. The number of benzene rings is 2. The first kappa shape index (κ1) is 17.3. The Labute approximate surface area is 158 Å². The maximum Gasteiger partial charge on any atom is 0.271 e. The van der Waals surface area contributed by atoms with Gasteiger partial charge in [0.15, 0.2) is 5.82 Å². The first-order valence-electron chi connectivity index (χ1n) is 8.38. The van der Waals surface area contributed by atoms with Crippen LogP contribution in [0.15, 0.2) is 54.6 Å². The summed E-state index contributed by atoms with van der Waals surface area (Å²) < 4.78 is 1.39. The highest BCUT2D eigenvalue weighted by Gasteiger charge is 2.35. The number of non-ortho nitro benzene ring substituents is 1. The minimum atomic E-state index is -0.848. The van der Waals surface area contributed by atoms with Crippen LogP contribution in [0.3, 0.4) is 0 Å². The summed E-state index contributed by atoms with van der Waals surface area (Å²) in [5, 5.41) is 20.4. The third kappa shape index (κ3) is 3.30. The molecule has 1 aromatic heterocycles. The summed E-state index contributed by atoms with van der Waals surface area (Å²) in [7, 11) is 0. The lowest BCUT2D eigenvalue weighted by Crippen LogP contribution is -2.23. The number of fused-ring (bicyclic) bond motifs is 1. The van der Waals surface area contributed by atoms with E-state index in [-0.39, 0.29) is 29.7 Å². The summed E-state index contributed by atoms with van der Waals surface area (Å²) in [4.78, 5) is 39.1. The predicted molar refractivity (Wildman–Crippen MR) is 99.5 cm³/mol. The number of carbonyl (C=O) groups is 2. The van der Waals surface area contributed by atoms with Crippen molar-refractivity contribution in [2.45, 2.75) is 12.5 Å².